The molecule has 9 nitrogen and oxygen atoms in total. The molecule has 1 aromatic heterocycles. The quantitative estimate of drug-likeness (QED) is 0.775. The largest absolute Gasteiger partial charge is 0.467 e. The first-order valence-corrected chi connectivity index (χ1v) is 7.30. The summed E-state index contributed by atoms with van der Waals surface area (Å²) in [4.78, 5) is 48.1. The van der Waals surface area contributed by atoms with Gasteiger partial charge in [-0.3, -0.25) is 19.7 Å². The smallest absolute Gasteiger partial charge is 0.413 e. The van der Waals surface area contributed by atoms with E-state index in [4.69, 9.17) is 9.15 Å². The number of ether oxygens (including phenoxy) is 2. The number of furan rings is 1. The van der Waals surface area contributed by atoms with E-state index in [0.717, 1.165) is 7.11 Å². The van der Waals surface area contributed by atoms with Crippen LogP contribution >= 0.6 is 0 Å². The number of nitrogens with zero attached hydrogens (tertiary/aromatic N) is 1. The van der Waals surface area contributed by atoms with E-state index in [1.807, 2.05) is 5.32 Å². The standard InChI is InChI=1S/C15H18N2O7/c1-9(13(19)16-15(21)22-2)24-14(20)10-6-12(18)17(7-10)8-11-4-3-5-23-11/h3-5,9-10H,6-8H2,1-2H3,(H,16,19,21)/t9-,10+/m1/s1. The van der Waals surface area contributed by atoms with Gasteiger partial charge < -0.3 is 18.8 Å². The molecule has 0 spiro atoms. The van der Waals surface area contributed by atoms with Crippen LogP contribution in [0.2, 0.25) is 0 Å². The van der Waals surface area contributed by atoms with Crippen molar-refractivity contribution >= 4 is 23.9 Å². The Kier molecular flexibility index (Phi) is 5.56. The van der Waals surface area contributed by atoms with Crippen LogP contribution in [0.5, 0.6) is 0 Å². The second kappa shape index (κ2) is 7.62. The fourth-order valence-corrected chi connectivity index (χ4v) is 2.25. The van der Waals surface area contributed by atoms with Gasteiger partial charge in [0.05, 0.1) is 25.8 Å². The SMILES string of the molecule is COC(=O)NC(=O)[C@@H](C)OC(=O)[C@H]1CC(=O)N(Cc2ccco2)C1. The number of likely N-dealkylation sites (tertiary alicyclic amines) is 1. The molecule has 0 aromatic carbocycles. The van der Waals surface area contributed by atoms with E-state index in [-0.39, 0.29) is 25.4 Å². The molecule has 2 rings (SSSR count). The molecule has 3 amide bonds. The highest BCUT2D eigenvalue weighted by Gasteiger charge is 2.37. The van der Waals surface area contributed by atoms with E-state index in [9.17, 15) is 19.2 Å². The number of methoxy groups -OCH3 is 1. The van der Waals surface area contributed by atoms with Gasteiger partial charge in [-0.25, -0.2) is 4.79 Å². The Morgan fingerprint density at radius 1 is 1.46 bits per heavy atom. The summed E-state index contributed by atoms with van der Waals surface area (Å²) < 4.78 is 14.5. The molecule has 24 heavy (non-hydrogen) atoms. The number of hydrogen-bond acceptors (Lipinski definition) is 7. The number of nitrogens with one attached hydrogen (secondary N) is 1. The molecule has 9 heteroatoms. The number of esters is 1. The molecule has 0 saturated carbocycles. The molecule has 0 unspecified atom stereocenters. The van der Waals surface area contributed by atoms with Gasteiger partial charge in [-0.15, -0.1) is 0 Å². The summed E-state index contributed by atoms with van der Waals surface area (Å²) in [7, 11) is 1.11. The lowest BCUT2D eigenvalue weighted by atomic mass is 10.1. The topological polar surface area (TPSA) is 115 Å². The molecule has 1 N–H and O–H groups in total. The molecule has 0 radical (unpaired) electrons. The zero-order valence-corrected chi connectivity index (χ0v) is 13.3. The Labute approximate surface area is 137 Å². The van der Waals surface area contributed by atoms with Crippen molar-refractivity contribution in [3.8, 4) is 0 Å². The average Bonchev–Trinajstić information content (AvgIpc) is 3.17. The third-order valence-electron chi connectivity index (χ3n) is 3.55. The van der Waals surface area contributed by atoms with Crippen molar-refractivity contribution in [1.82, 2.24) is 10.2 Å². The Morgan fingerprint density at radius 3 is 2.83 bits per heavy atom. The Balaban J connectivity index is 1.85. The van der Waals surface area contributed by atoms with Gasteiger partial charge in [0, 0.05) is 13.0 Å². The number of carbonyl (C=O) groups is 4. The second-order valence-corrected chi connectivity index (χ2v) is 5.31. The maximum atomic E-state index is 12.1. The first-order chi connectivity index (χ1) is 11.4. The van der Waals surface area contributed by atoms with Gasteiger partial charge in [-0.1, -0.05) is 0 Å². The fraction of sp³-hybridized carbons (Fsp3) is 0.467. The van der Waals surface area contributed by atoms with Crippen molar-refractivity contribution in [2.24, 2.45) is 5.92 Å². The third kappa shape index (κ3) is 4.34. The van der Waals surface area contributed by atoms with Crippen LogP contribution < -0.4 is 5.32 Å². The van der Waals surface area contributed by atoms with Crippen molar-refractivity contribution in [3.63, 3.8) is 0 Å². The minimum atomic E-state index is -1.18. The fourth-order valence-electron chi connectivity index (χ4n) is 2.25. The maximum absolute atomic E-state index is 12.1. The van der Waals surface area contributed by atoms with Crippen LogP contribution in [0.25, 0.3) is 0 Å². The lowest BCUT2D eigenvalue weighted by molar-refractivity contribution is -0.158. The minimum absolute atomic E-state index is 0.00484. The van der Waals surface area contributed by atoms with Crippen molar-refractivity contribution in [2.75, 3.05) is 13.7 Å². The van der Waals surface area contributed by atoms with Crippen LogP contribution in [-0.4, -0.2) is 48.5 Å². The molecular formula is C15H18N2O7. The molecule has 1 aromatic rings. The number of carbonyl (C=O) groups excluding carboxylic acids is 4. The van der Waals surface area contributed by atoms with Crippen LogP contribution in [0.1, 0.15) is 19.1 Å². The first-order valence-electron chi connectivity index (χ1n) is 7.30. The predicted molar refractivity (Wildman–Crippen MR) is 78.3 cm³/mol. The van der Waals surface area contributed by atoms with Crippen LogP contribution in [0.15, 0.2) is 22.8 Å². The van der Waals surface area contributed by atoms with E-state index < -0.39 is 30.0 Å². The van der Waals surface area contributed by atoms with Crippen LogP contribution in [0.3, 0.4) is 0 Å². The van der Waals surface area contributed by atoms with E-state index in [0.29, 0.717) is 5.76 Å². The third-order valence-corrected chi connectivity index (χ3v) is 3.55. The van der Waals surface area contributed by atoms with Gasteiger partial charge in [0.1, 0.15) is 5.76 Å². The summed E-state index contributed by atoms with van der Waals surface area (Å²) in [6, 6.07) is 3.45. The van der Waals surface area contributed by atoms with Gasteiger partial charge in [0.15, 0.2) is 6.10 Å². The number of alkyl carbamates (subject to hydrolysis) is 1. The van der Waals surface area contributed by atoms with E-state index in [1.54, 1.807) is 12.1 Å². The lowest BCUT2D eigenvalue weighted by Crippen LogP contribution is -2.40. The van der Waals surface area contributed by atoms with Crippen LogP contribution in [-0.2, 0) is 30.4 Å². The maximum Gasteiger partial charge on any atom is 0.413 e. The molecule has 1 fully saturated rings. The number of rotatable bonds is 5. The normalized spacial score (nSPS) is 18.2. The molecule has 2 atom stereocenters. The van der Waals surface area contributed by atoms with Gasteiger partial charge >= 0.3 is 12.1 Å². The van der Waals surface area contributed by atoms with Crippen molar-refractivity contribution in [3.05, 3.63) is 24.2 Å². The average molecular weight is 338 g/mol. The molecule has 1 aliphatic rings. The van der Waals surface area contributed by atoms with E-state index in [2.05, 4.69) is 4.74 Å². The monoisotopic (exact) mass is 338 g/mol. The van der Waals surface area contributed by atoms with Gasteiger partial charge in [0.2, 0.25) is 5.91 Å². The van der Waals surface area contributed by atoms with Gasteiger partial charge in [0.25, 0.3) is 5.91 Å². The van der Waals surface area contributed by atoms with E-state index >= 15 is 0 Å². The number of hydrogen-bond donors (Lipinski definition) is 1. The highest BCUT2D eigenvalue weighted by Crippen LogP contribution is 2.22. The first kappa shape index (κ1) is 17.5. The van der Waals surface area contributed by atoms with Crippen molar-refractivity contribution < 1.29 is 33.1 Å². The molecule has 0 aliphatic carbocycles. The molecule has 2 heterocycles. The highest BCUT2D eigenvalue weighted by molar-refractivity contribution is 5.95. The van der Waals surface area contributed by atoms with Gasteiger partial charge in [-0.2, -0.15) is 0 Å². The Bertz CT molecular complexity index is 626. The molecule has 1 aliphatic heterocycles. The van der Waals surface area contributed by atoms with Crippen molar-refractivity contribution in [2.45, 2.75) is 26.0 Å². The van der Waals surface area contributed by atoms with Crippen molar-refractivity contribution in [1.29, 1.82) is 0 Å². The Morgan fingerprint density at radius 2 is 2.21 bits per heavy atom. The lowest BCUT2D eigenvalue weighted by Gasteiger charge is -2.16. The molecule has 0 bridgehead atoms. The van der Waals surface area contributed by atoms with Crippen LogP contribution in [0, 0.1) is 5.92 Å². The summed E-state index contributed by atoms with van der Waals surface area (Å²) in [5, 5.41) is 1.91. The van der Waals surface area contributed by atoms with Crippen LogP contribution in [0.4, 0.5) is 4.79 Å². The molecular weight excluding hydrogens is 320 g/mol. The number of amides is 3. The Hall–Kier alpha value is -2.84. The predicted octanol–water partition coefficient (Wildman–Crippen LogP) is 0.442. The zero-order chi connectivity index (χ0) is 17.7. The molecule has 1 saturated heterocycles. The number of imide groups is 1. The van der Waals surface area contributed by atoms with Gasteiger partial charge in [-0.05, 0) is 19.1 Å². The summed E-state index contributed by atoms with van der Waals surface area (Å²) in [6.07, 6.45) is -0.608. The summed E-state index contributed by atoms with van der Waals surface area (Å²) in [6.45, 7) is 1.78. The molecule has 130 valence electrons. The summed E-state index contributed by atoms with van der Waals surface area (Å²) in [5.74, 6) is -1.71. The zero-order valence-electron chi connectivity index (χ0n) is 13.3. The minimum Gasteiger partial charge on any atom is -0.467 e. The summed E-state index contributed by atoms with van der Waals surface area (Å²) >= 11 is 0. The highest BCUT2D eigenvalue weighted by atomic mass is 16.6. The second-order valence-electron chi connectivity index (χ2n) is 5.31. The van der Waals surface area contributed by atoms with E-state index in [1.165, 1.54) is 18.1 Å². The summed E-state index contributed by atoms with van der Waals surface area (Å²) in [5.41, 5.74) is 0.